The van der Waals surface area contributed by atoms with Gasteiger partial charge >= 0.3 is 0 Å². The van der Waals surface area contributed by atoms with E-state index < -0.39 is 0 Å². The van der Waals surface area contributed by atoms with Gasteiger partial charge in [0.2, 0.25) is 0 Å². The Labute approximate surface area is 146 Å². The lowest BCUT2D eigenvalue weighted by molar-refractivity contribution is 0.171. The molecule has 22 heavy (non-hydrogen) atoms. The largest absolute Gasteiger partial charge is 0.508 e. The molecule has 1 aromatic carbocycles. The molecule has 2 rings (SSSR count). The maximum absolute atomic E-state index is 9.75. The van der Waals surface area contributed by atoms with Gasteiger partial charge < -0.3 is 10.4 Å². The molecule has 1 heterocycles. The molecule has 0 spiro atoms. The van der Waals surface area contributed by atoms with E-state index in [1.54, 1.807) is 0 Å². The van der Waals surface area contributed by atoms with Gasteiger partial charge in [-0.3, -0.25) is 4.90 Å². The number of phenols is 1. The summed E-state index contributed by atoms with van der Waals surface area (Å²) in [5, 5.41) is 13.2. The average Bonchev–Trinajstić information content (AvgIpc) is 2.37. The lowest BCUT2D eigenvalue weighted by Crippen LogP contribution is -2.45. The van der Waals surface area contributed by atoms with E-state index in [2.05, 4.69) is 37.6 Å². The first-order valence-electron chi connectivity index (χ1n) is 7.38. The van der Waals surface area contributed by atoms with E-state index in [4.69, 9.17) is 0 Å². The fourth-order valence-electron chi connectivity index (χ4n) is 3.22. The molecule has 2 N–H and O–H groups in total. The topological polar surface area (TPSA) is 35.5 Å². The van der Waals surface area contributed by atoms with Crippen molar-refractivity contribution < 1.29 is 5.11 Å². The molecule has 0 aliphatic carbocycles. The van der Waals surface area contributed by atoms with Gasteiger partial charge in [0.25, 0.3) is 0 Å². The number of benzene rings is 1. The number of rotatable bonds is 4. The van der Waals surface area contributed by atoms with Crippen LogP contribution in [0.4, 0.5) is 0 Å². The Kier molecular flexibility index (Phi) is 9.09. The van der Waals surface area contributed by atoms with Crippen molar-refractivity contribution in [2.45, 2.75) is 33.2 Å². The van der Waals surface area contributed by atoms with Crippen molar-refractivity contribution in [2.75, 3.05) is 26.2 Å². The second-order valence-corrected chi connectivity index (χ2v) is 5.96. The lowest BCUT2D eigenvalue weighted by atomic mass is 9.90. The summed E-state index contributed by atoms with van der Waals surface area (Å²) in [5.74, 6) is 0.359. The summed E-state index contributed by atoms with van der Waals surface area (Å²) < 4.78 is 0. The van der Waals surface area contributed by atoms with E-state index in [-0.39, 0.29) is 24.8 Å². The minimum atomic E-state index is 0. The number of nitrogens with one attached hydrogen (secondary N) is 1. The molecule has 0 radical (unpaired) electrons. The van der Waals surface area contributed by atoms with Crippen LogP contribution in [0.1, 0.15) is 36.1 Å². The van der Waals surface area contributed by atoms with Crippen LogP contribution in [0.15, 0.2) is 24.3 Å². The normalized spacial score (nSPS) is 16.3. The van der Waals surface area contributed by atoms with Gasteiger partial charge in [-0.15, -0.1) is 31.4 Å². The second-order valence-electron chi connectivity index (χ2n) is 5.96. The van der Waals surface area contributed by atoms with Crippen molar-refractivity contribution in [1.29, 1.82) is 0 Å². The third-order valence-electron chi connectivity index (χ3n) is 4.05. The highest BCUT2D eigenvalue weighted by Crippen LogP contribution is 2.34. The molecule has 0 bridgehead atoms. The third kappa shape index (κ3) is 5.17. The predicted octanol–water partition coefficient (Wildman–Crippen LogP) is 3.77. The highest BCUT2D eigenvalue weighted by molar-refractivity contribution is 5.85. The minimum Gasteiger partial charge on any atom is -0.508 e. The van der Waals surface area contributed by atoms with Gasteiger partial charge in [-0.2, -0.15) is 0 Å². The van der Waals surface area contributed by atoms with E-state index in [9.17, 15) is 5.11 Å². The Bertz CT molecular complexity index is 476. The molecule has 0 aromatic heterocycles. The molecule has 0 saturated carbocycles. The van der Waals surface area contributed by atoms with E-state index in [0.29, 0.717) is 11.8 Å². The molecule has 1 saturated heterocycles. The van der Waals surface area contributed by atoms with E-state index >= 15 is 0 Å². The molecule has 3 nitrogen and oxygen atoms in total. The summed E-state index contributed by atoms with van der Waals surface area (Å²) in [6, 6.07) is 4.11. The zero-order valence-electron chi connectivity index (χ0n) is 13.7. The van der Waals surface area contributed by atoms with Crippen molar-refractivity contribution in [3.63, 3.8) is 0 Å². The standard InChI is InChI=1S/C17H26N2O.2ClH/c1-12(2)9-16(19-7-5-18-6-8-19)17-13(3)10-15(20)11-14(17)4;;/h10-11,16,18,20H,1,5-9H2,2-4H3;2*1H/t16-;;/m1../s1. The highest BCUT2D eigenvalue weighted by atomic mass is 35.5. The van der Waals surface area contributed by atoms with Gasteiger partial charge in [-0.1, -0.05) is 5.57 Å². The number of hydrogen-bond acceptors (Lipinski definition) is 3. The van der Waals surface area contributed by atoms with Crippen molar-refractivity contribution in [1.82, 2.24) is 10.2 Å². The van der Waals surface area contributed by atoms with Crippen molar-refractivity contribution in [3.05, 3.63) is 41.0 Å². The van der Waals surface area contributed by atoms with Crippen molar-refractivity contribution in [3.8, 4) is 5.75 Å². The Balaban J connectivity index is 0.00000220. The third-order valence-corrected chi connectivity index (χ3v) is 4.05. The van der Waals surface area contributed by atoms with Crippen LogP contribution < -0.4 is 5.32 Å². The Hall–Kier alpha value is -0.740. The molecule has 1 atom stereocenters. The maximum Gasteiger partial charge on any atom is 0.116 e. The van der Waals surface area contributed by atoms with E-state index in [1.807, 2.05) is 12.1 Å². The van der Waals surface area contributed by atoms with Gasteiger partial charge in [0.15, 0.2) is 0 Å². The van der Waals surface area contributed by atoms with Crippen LogP contribution in [0.25, 0.3) is 0 Å². The predicted molar refractivity (Wildman–Crippen MR) is 98.7 cm³/mol. The molecule has 0 unspecified atom stereocenters. The van der Waals surface area contributed by atoms with E-state index in [1.165, 1.54) is 22.3 Å². The summed E-state index contributed by atoms with van der Waals surface area (Å²) >= 11 is 0. The SMILES string of the molecule is C=C(C)C[C@H](c1c(C)cc(O)cc1C)N1CCNCC1.Cl.Cl. The summed E-state index contributed by atoms with van der Waals surface area (Å²) in [5.41, 5.74) is 4.91. The number of piperazine rings is 1. The Morgan fingerprint density at radius 2 is 1.73 bits per heavy atom. The second kappa shape index (κ2) is 9.41. The summed E-state index contributed by atoms with van der Waals surface area (Å²) in [6.07, 6.45) is 0.979. The average molecular weight is 347 g/mol. The van der Waals surface area contributed by atoms with Gasteiger partial charge in [0.1, 0.15) is 5.75 Å². The number of halogens is 2. The number of nitrogens with zero attached hydrogens (tertiary/aromatic N) is 1. The number of hydrogen-bond donors (Lipinski definition) is 2. The summed E-state index contributed by atoms with van der Waals surface area (Å²) in [4.78, 5) is 2.54. The van der Waals surface area contributed by atoms with Gasteiger partial charge in [-0.25, -0.2) is 0 Å². The molecular weight excluding hydrogens is 319 g/mol. The molecular formula is C17H28Cl2N2O. The fraction of sp³-hybridized carbons (Fsp3) is 0.529. The molecule has 1 fully saturated rings. The van der Waals surface area contributed by atoms with Gasteiger partial charge in [-0.05, 0) is 56.0 Å². The maximum atomic E-state index is 9.75. The molecule has 0 amide bonds. The number of phenolic OH excluding ortho intramolecular Hbond substituents is 1. The number of aromatic hydroxyl groups is 1. The molecule has 1 aromatic rings. The zero-order chi connectivity index (χ0) is 14.7. The van der Waals surface area contributed by atoms with Crippen LogP contribution in [0, 0.1) is 13.8 Å². The molecule has 5 heteroatoms. The molecule has 1 aliphatic heterocycles. The Morgan fingerprint density at radius 3 is 2.18 bits per heavy atom. The smallest absolute Gasteiger partial charge is 0.116 e. The molecule has 1 aliphatic rings. The summed E-state index contributed by atoms with van der Waals surface area (Å²) in [6.45, 7) is 14.6. The first kappa shape index (κ1) is 21.3. The van der Waals surface area contributed by atoms with Crippen LogP contribution in [-0.4, -0.2) is 36.2 Å². The van der Waals surface area contributed by atoms with Crippen molar-refractivity contribution >= 4 is 24.8 Å². The van der Waals surface area contributed by atoms with Crippen LogP contribution >= 0.6 is 24.8 Å². The van der Waals surface area contributed by atoms with Crippen LogP contribution in [0.5, 0.6) is 5.75 Å². The fourth-order valence-corrected chi connectivity index (χ4v) is 3.22. The Morgan fingerprint density at radius 1 is 1.23 bits per heavy atom. The van der Waals surface area contributed by atoms with Crippen LogP contribution in [0.2, 0.25) is 0 Å². The number of aryl methyl sites for hydroxylation is 2. The quantitative estimate of drug-likeness (QED) is 0.814. The first-order chi connectivity index (χ1) is 9.49. The highest BCUT2D eigenvalue weighted by Gasteiger charge is 2.25. The summed E-state index contributed by atoms with van der Waals surface area (Å²) in [7, 11) is 0. The zero-order valence-corrected chi connectivity index (χ0v) is 15.3. The lowest BCUT2D eigenvalue weighted by Gasteiger charge is -2.37. The van der Waals surface area contributed by atoms with Crippen LogP contribution in [0.3, 0.4) is 0 Å². The molecule has 126 valence electrons. The van der Waals surface area contributed by atoms with Gasteiger partial charge in [0, 0.05) is 32.2 Å². The van der Waals surface area contributed by atoms with Crippen LogP contribution in [-0.2, 0) is 0 Å². The first-order valence-corrected chi connectivity index (χ1v) is 7.38. The van der Waals surface area contributed by atoms with E-state index in [0.717, 1.165) is 32.6 Å². The van der Waals surface area contributed by atoms with Gasteiger partial charge in [0.05, 0.1) is 0 Å². The minimum absolute atomic E-state index is 0. The monoisotopic (exact) mass is 346 g/mol. The van der Waals surface area contributed by atoms with Crippen molar-refractivity contribution in [2.24, 2.45) is 0 Å².